The van der Waals surface area contributed by atoms with Gasteiger partial charge >= 0.3 is 6.09 Å². The van der Waals surface area contributed by atoms with Crippen LogP contribution in [0.25, 0.3) is 0 Å². The summed E-state index contributed by atoms with van der Waals surface area (Å²) in [5.74, 6) is -0.492. The third-order valence-electron chi connectivity index (χ3n) is 2.98. The van der Waals surface area contributed by atoms with E-state index in [0.29, 0.717) is 22.6 Å². The molecular weight excluding hydrogens is 291 g/mol. The Hall–Kier alpha value is -2.31. The molecular formula is C15H19FN2O4. The molecule has 2 rings (SSSR count). The van der Waals surface area contributed by atoms with E-state index in [-0.39, 0.29) is 19.1 Å². The van der Waals surface area contributed by atoms with Gasteiger partial charge in [-0.15, -0.1) is 0 Å². The number of ether oxygens (including phenoxy) is 2. The van der Waals surface area contributed by atoms with Gasteiger partial charge in [0.2, 0.25) is 0 Å². The highest BCUT2D eigenvalue weighted by molar-refractivity contribution is 5.96. The van der Waals surface area contributed by atoms with Gasteiger partial charge in [-0.3, -0.25) is 4.79 Å². The zero-order valence-corrected chi connectivity index (χ0v) is 13.0. The second-order valence-corrected chi connectivity index (χ2v) is 6.04. The standard InChI is InChI=1S/C15H19FN2O4/c1-8-10(16)5-9(6-17-14(20)22-15(2,3)4)12-13(8)21-7-11(19)18-12/h5H,6-7H2,1-4H3,(H,17,20)(H,18,19). The van der Waals surface area contributed by atoms with E-state index in [1.54, 1.807) is 27.7 Å². The Kier molecular flexibility index (Phi) is 4.25. The minimum absolute atomic E-state index is 0.0120. The van der Waals surface area contributed by atoms with Gasteiger partial charge in [-0.05, 0) is 33.8 Å². The van der Waals surface area contributed by atoms with Crippen molar-refractivity contribution < 1.29 is 23.5 Å². The lowest BCUT2D eigenvalue weighted by atomic mass is 10.1. The largest absolute Gasteiger partial charge is 0.481 e. The number of nitrogens with one attached hydrogen (secondary N) is 2. The molecule has 0 unspecified atom stereocenters. The first-order valence-corrected chi connectivity index (χ1v) is 6.89. The van der Waals surface area contributed by atoms with Crippen LogP contribution in [0.4, 0.5) is 14.9 Å². The molecule has 0 saturated heterocycles. The smallest absolute Gasteiger partial charge is 0.407 e. The second kappa shape index (κ2) is 5.82. The summed E-state index contributed by atoms with van der Waals surface area (Å²) in [4.78, 5) is 23.1. The molecule has 0 bridgehead atoms. The normalized spacial score (nSPS) is 13.8. The number of benzene rings is 1. The number of hydrogen-bond donors (Lipinski definition) is 2. The van der Waals surface area contributed by atoms with Gasteiger partial charge in [0.1, 0.15) is 17.2 Å². The van der Waals surface area contributed by atoms with Crippen LogP contribution in [0.5, 0.6) is 5.75 Å². The summed E-state index contributed by atoms with van der Waals surface area (Å²) < 4.78 is 24.3. The highest BCUT2D eigenvalue weighted by Gasteiger charge is 2.24. The average Bonchev–Trinajstić information content (AvgIpc) is 2.39. The second-order valence-electron chi connectivity index (χ2n) is 6.04. The van der Waals surface area contributed by atoms with E-state index in [0.717, 1.165) is 0 Å². The van der Waals surface area contributed by atoms with Gasteiger partial charge in [0, 0.05) is 17.7 Å². The average molecular weight is 310 g/mol. The molecule has 0 aromatic heterocycles. The number of alkyl carbamates (subject to hydrolysis) is 1. The zero-order chi connectivity index (χ0) is 16.5. The van der Waals surface area contributed by atoms with Crippen molar-refractivity contribution in [3.05, 3.63) is 23.0 Å². The first-order valence-electron chi connectivity index (χ1n) is 6.89. The van der Waals surface area contributed by atoms with Gasteiger partial charge in [-0.25, -0.2) is 9.18 Å². The number of anilines is 1. The Bertz CT molecular complexity index is 623. The van der Waals surface area contributed by atoms with E-state index < -0.39 is 17.5 Å². The number of carbonyl (C=O) groups is 2. The Balaban J connectivity index is 2.19. The molecule has 22 heavy (non-hydrogen) atoms. The summed E-state index contributed by atoms with van der Waals surface area (Å²) in [5, 5.41) is 5.18. The summed E-state index contributed by atoms with van der Waals surface area (Å²) in [5.41, 5.74) is 0.485. The molecule has 0 fully saturated rings. The Morgan fingerprint density at radius 1 is 1.50 bits per heavy atom. The van der Waals surface area contributed by atoms with Crippen LogP contribution in [0.2, 0.25) is 0 Å². The molecule has 0 spiro atoms. The molecule has 0 atom stereocenters. The number of rotatable bonds is 2. The number of amides is 2. The van der Waals surface area contributed by atoms with Gasteiger partial charge in [0.25, 0.3) is 5.91 Å². The minimum atomic E-state index is -0.626. The molecule has 1 aliphatic rings. The Labute approximate surface area is 128 Å². The molecule has 2 amide bonds. The summed E-state index contributed by atoms with van der Waals surface area (Å²) in [6.07, 6.45) is -0.620. The molecule has 7 heteroatoms. The highest BCUT2D eigenvalue weighted by Crippen LogP contribution is 2.36. The summed E-state index contributed by atoms with van der Waals surface area (Å²) in [6.45, 7) is 6.65. The lowest BCUT2D eigenvalue weighted by molar-refractivity contribution is -0.118. The third kappa shape index (κ3) is 3.66. The van der Waals surface area contributed by atoms with Crippen molar-refractivity contribution in [3.63, 3.8) is 0 Å². The van der Waals surface area contributed by atoms with Crippen molar-refractivity contribution in [1.29, 1.82) is 0 Å². The van der Waals surface area contributed by atoms with Crippen molar-refractivity contribution in [1.82, 2.24) is 5.32 Å². The van der Waals surface area contributed by atoms with Crippen LogP contribution >= 0.6 is 0 Å². The quantitative estimate of drug-likeness (QED) is 0.880. The topological polar surface area (TPSA) is 76.7 Å². The van der Waals surface area contributed by atoms with Crippen molar-refractivity contribution in [3.8, 4) is 5.75 Å². The van der Waals surface area contributed by atoms with Crippen LogP contribution in [0.3, 0.4) is 0 Å². The Morgan fingerprint density at radius 3 is 2.82 bits per heavy atom. The van der Waals surface area contributed by atoms with Gasteiger partial charge < -0.3 is 20.1 Å². The number of fused-ring (bicyclic) bond motifs is 1. The highest BCUT2D eigenvalue weighted by atomic mass is 19.1. The van der Waals surface area contributed by atoms with Crippen molar-refractivity contribution in [2.24, 2.45) is 0 Å². The molecule has 1 aromatic carbocycles. The van der Waals surface area contributed by atoms with Crippen molar-refractivity contribution >= 4 is 17.7 Å². The predicted molar refractivity (Wildman–Crippen MR) is 78.3 cm³/mol. The monoisotopic (exact) mass is 310 g/mol. The maximum Gasteiger partial charge on any atom is 0.407 e. The van der Waals surface area contributed by atoms with E-state index in [4.69, 9.17) is 9.47 Å². The molecule has 0 saturated carbocycles. The molecule has 1 heterocycles. The number of carbonyl (C=O) groups excluding carboxylic acids is 2. The third-order valence-corrected chi connectivity index (χ3v) is 2.98. The van der Waals surface area contributed by atoms with E-state index >= 15 is 0 Å². The van der Waals surface area contributed by atoms with Crippen LogP contribution < -0.4 is 15.4 Å². The van der Waals surface area contributed by atoms with Crippen LogP contribution in [0.1, 0.15) is 31.9 Å². The van der Waals surface area contributed by atoms with Gasteiger partial charge in [-0.1, -0.05) is 0 Å². The van der Waals surface area contributed by atoms with Crippen molar-refractivity contribution in [2.75, 3.05) is 11.9 Å². The summed E-state index contributed by atoms with van der Waals surface area (Å²) >= 11 is 0. The van der Waals surface area contributed by atoms with E-state index in [2.05, 4.69) is 10.6 Å². The molecule has 1 aliphatic heterocycles. The van der Waals surface area contributed by atoms with Crippen LogP contribution in [-0.2, 0) is 16.1 Å². The van der Waals surface area contributed by atoms with Crippen LogP contribution in [0, 0.1) is 12.7 Å². The number of halogens is 1. The fraction of sp³-hybridized carbons (Fsp3) is 0.467. The van der Waals surface area contributed by atoms with E-state index in [9.17, 15) is 14.0 Å². The number of hydrogen-bond acceptors (Lipinski definition) is 4. The SMILES string of the molecule is Cc1c(F)cc(CNC(=O)OC(C)(C)C)c2c1OCC(=O)N2. The zero-order valence-electron chi connectivity index (χ0n) is 13.0. The fourth-order valence-corrected chi connectivity index (χ4v) is 2.03. The van der Waals surface area contributed by atoms with Crippen LogP contribution in [0.15, 0.2) is 6.07 Å². The molecule has 2 N–H and O–H groups in total. The predicted octanol–water partition coefficient (Wildman–Crippen LogP) is 2.49. The maximum atomic E-state index is 13.9. The molecule has 1 aromatic rings. The molecule has 0 radical (unpaired) electrons. The van der Waals surface area contributed by atoms with E-state index in [1.165, 1.54) is 6.07 Å². The van der Waals surface area contributed by atoms with Crippen molar-refractivity contribution in [2.45, 2.75) is 39.8 Å². The molecule has 120 valence electrons. The fourth-order valence-electron chi connectivity index (χ4n) is 2.03. The van der Waals surface area contributed by atoms with Gasteiger partial charge in [0.15, 0.2) is 6.61 Å². The first kappa shape index (κ1) is 16.1. The molecule has 6 nitrogen and oxygen atoms in total. The van der Waals surface area contributed by atoms with Gasteiger partial charge in [0.05, 0.1) is 5.69 Å². The first-order chi connectivity index (χ1) is 10.2. The van der Waals surface area contributed by atoms with Gasteiger partial charge in [-0.2, -0.15) is 0 Å². The summed E-state index contributed by atoms with van der Waals surface area (Å²) in [7, 11) is 0. The minimum Gasteiger partial charge on any atom is -0.481 e. The molecule has 0 aliphatic carbocycles. The Morgan fingerprint density at radius 2 is 2.18 bits per heavy atom. The summed E-state index contributed by atoms with van der Waals surface area (Å²) in [6, 6.07) is 1.26. The lowest BCUT2D eigenvalue weighted by Gasteiger charge is -2.24. The lowest BCUT2D eigenvalue weighted by Crippen LogP contribution is -2.33. The van der Waals surface area contributed by atoms with Crippen LogP contribution in [-0.4, -0.2) is 24.2 Å². The maximum absolute atomic E-state index is 13.9. The van der Waals surface area contributed by atoms with E-state index in [1.807, 2.05) is 0 Å².